The van der Waals surface area contributed by atoms with Gasteiger partial charge in [-0.2, -0.15) is 0 Å². The van der Waals surface area contributed by atoms with E-state index in [1.165, 1.54) is 5.56 Å². The van der Waals surface area contributed by atoms with Crippen LogP contribution in [0.2, 0.25) is 0 Å². The highest BCUT2D eigenvalue weighted by atomic mass is 16.1. The van der Waals surface area contributed by atoms with Gasteiger partial charge in [-0.25, -0.2) is 0 Å². The van der Waals surface area contributed by atoms with Crippen LogP contribution in [0.3, 0.4) is 0 Å². The smallest absolute Gasteiger partial charge is 0.220 e. The van der Waals surface area contributed by atoms with E-state index in [1.807, 2.05) is 25.1 Å². The highest BCUT2D eigenvalue weighted by Gasteiger charge is 2.02. The lowest BCUT2D eigenvalue weighted by Gasteiger charge is -2.07. The second-order valence-corrected chi connectivity index (χ2v) is 4.12. The van der Waals surface area contributed by atoms with E-state index in [4.69, 9.17) is 5.73 Å². The monoisotopic (exact) mass is 220 g/mol. The predicted octanol–water partition coefficient (Wildman–Crippen LogP) is 1.47. The molecule has 0 saturated carbocycles. The van der Waals surface area contributed by atoms with Crippen LogP contribution in [0.5, 0.6) is 0 Å². The van der Waals surface area contributed by atoms with Gasteiger partial charge in [-0.15, -0.1) is 0 Å². The second-order valence-electron chi connectivity index (χ2n) is 4.12. The summed E-state index contributed by atoms with van der Waals surface area (Å²) in [6, 6.07) is 10.2. The van der Waals surface area contributed by atoms with E-state index in [9.17, 15) is 4.79 Å². The molecule has 1 rings (SSSR count). The van der Waals surface area contributed by atoms with Crippen LogP contribution in [0.15, 0.2) is 30.3 Å². The molecule has 3 heteroatoms. The first-order valence-corrected chi connectivity index (χ1v) is 5.74. The Balaban J connectivity index is 2.13. The van der Waals surface area contributed by atoms with Crippen LogP contribution in [0.4, 0.5) is 0 Å². The molecule has 0 aliphatic heterocycles. The Morgan fingerprint density at radius 3 is 2.69 bits per heavy atom. The summed E-state index contributed by atoms with van der Waals surface area (Å²) in [7, 11) is 0. The van der Waals surface area contributed by atoms with Gasteiger partial charge in [0.05, 0.1) is 0 Å². The summed E-state index contributed by atoms with van der Waals surface area (Å²) >= 11 is 0. The fourth-order valence-corrected chi connectivity index (χ4v) is 1.46. The quantitative estimate of drug-likeness (QED) is 0.763. The Hall–Kier alpha value is -1.35. The van der Waals surface area contributed by atoms with Gasteiger partial charge in [0.15, 0.2) is 0 Å². The zero-order valence-electron chi connectivity index (χ0n) is 9.78. The molecule has 3 N–H and O–H groups in total. The van der Waals surface area contributed by atoms with E-state index in [0.29, 0.717) is 13.0 Å². The van der Waals surface area contributed by atoms with E-state index in [-0.39, 0.29) is 11.9 Å². The summed E-state index contributed by atoms with van der Waals surface area (Å²) in [5.41, 5.74) is 6.83. The number of carbonyl (C=O) groups is 1. The molecule has 88 valence electrons. The highest BCUT2D eigenvalue weighted by Crippen LogP contribution is 2.04. The van der Waals surface area contributed by atoms with Gasteiger partial charge in [0.25, 0.3) is 0 Å². The maximum atomic E-state index is 11.4. The fourth-order valence-electron chi connectivity index (χ4n) is 1.46. The molecule has 0 aliphatic carbocycles. The number of hydrogen-bond donors (Lipinski definition) is 2. The van der Waals surface area contributed by atoms with Crippen molar-refractivity contribution < 1.29 is 4.79 Å². The minimum absolute atomic E-state index is 0.0260. The summed E-state index contributed by atoms with van der Waals surface area (Å²) in [5, 5.41) is 2.80. The van der Waals surface area contributed by atoms with Crippen molar-refractivity contribution >= 4 is 5.91 Å². The molecule has 1 unspecified atom stereocenters. The van der Waals surface area contributed by atoms with Crippen LogP contribution < -0.4 is 11.1 Å². The van der Waals surface area contributed by atoms with Gasteiger partial charge >= 0.3 is 0 Å². The first-order chi connectivity index (χ1) is 7.68. The molecule has 0 radical (unpaired) electrons. The van der Waals surface area contributed by atoms with Gasteiger partial charge in [-0.1, -0.05) is 30.3 Å². The van der Waals surface area contributed by atoms with Crippen molar-refractivity contribution in [2.45, 2.75) is 32.2 Å². The molecule has 1 aromatic rings. The molecule has 0 aromatic heterocycles. The van der Waals surface area contributed by atoms with Crippen LogP contribution in [-0.4, -0.2) is 18.5 Å². The number of carbonyl (C=O) groups excluding carboxylic acids is 1. The molecule has 0 saturated heterocycles. The lowest BCUT2D eigenvalue weighted by atomic mass is 10.1. The molecule has 3 nitrogen and oxygen atoms in total. The van der Waals surface area contributed by atoms with Crippen molar-refractivity contribution in [3.05, 3.63) is 35.9 Å². The third-order valence-corrected chi connectivity index (χ3v) is 2.33. The number of nitrogens with two attached hydrogens (primary N) is 1. The van der Waals surface area contributed by atoms with Crippen LogP contribution in [0.1, 0.15) is 25.3 Å². The number of nitrogens with one attached hydrogen (secondary N) is 1. The SMILES string of the molecule is CC(N)CNC(=O)CCCc1ccccc1. The third-order valence-electron chi connectivity index (χ3n) is 2.33. The summed E-state index contributed by atoms with van der Waals surface area (Å²) in [5.74, 6) is 0.0910. The van der Waals surface area contributed by atoms with Gasteiger partial charge in [-0.05, 0) is 25.3 Å². The van der Waals surface area contributed by atoms with Crippen LogP contribution >= 0.6 is 0 Å². The van der Waals surface area contributed by atoms with Gasteiger partial charge in [0, 0.05) is 19.0 Å². The van der Waals surface area contributed by atoms with Crippen molar-refractivity contribution in [3.8, 4) is 0 Å². The van der Waals surface area contributed by atoms with E-state index in [1.54, 1.807) is 0 Å². The Kier molecular flexibility index (Phi) is 5.57. The average molecular weight is 220 g/mol. The first-order valence-electron chi connectivity index (χ1n) is 5.74. The van der Waals surface area contributed by atoms with Crippen LogP contribution in [-0.2, 0) is 11.2 Å². The van der Waals surface area contributed by atoms with Gasteiger partial charge in [-0.3, -0.25) is 4.79 Å². The molecular formula is C13H20N2O. The average Bonchev–Trinajstić information content (AvgIpc) is 2.28. The topological polar surface area (TPSA) is 55.1 Å². The highest BCUT2D eigenvalue weighted by molar-refractivity contribution is 5.75. The van der Waals surface area contributed by atoms with E-state index < -0.39 is 0 Å². The van der Waals surface area contributed by atoms with Crippen molar-refractivity contribution in [1.82, 2.24) is 5.32 Å². The molecular weight excluding hydrogens is 200 g/mol. The number of hydrogen-bond acceptors (Lipinski definition) is 2. The third kappa shape index (κ3) is 5.51. The van der Waals surface area contributed by atoms with Crippen LogP contribution in [0, 0.1) is 0 Å². The summed E-state index contributed by atoms with van der Waals surface area (Å²) in [6.45, 7) is 2.44. The molecule has 1 amide bonds. The van der Waals surface area contributed by atoms with Gasteiger partial charge in [0.2, 0.25) is 5.91 Å². The van der Waals surface area contributed by atoms with Crippen molar-refractivity contribution in [1.29, 1.82) is 0 Å². The summed E-state index contributed by atoms with van der Waals surface area (Å²) in [6.07, 6.45) is 2.41. The summed E-state index contributed by atoms with van der Waals surface area (Å²) in [4.78, 5) is 11.4. The van der Waals surface area contributed by atoms with E-state index in [2.05, 4.69) is 17.4 Å². The molecule has 16 heavy (non-hydrogen) atoms. The molecule has 0 aliphatic rings. The normalized spacial score (nSPS) is 12.1. The van der Waals surface area contributed by atoms with Crippen molar-refractivity contribution in [2.75, 3.05) is 6.54 Å². The fraction of sp³-hybridized carbons (Fsp3) is 0.462. The van der Waals surface area contributed by atoms with Gasteiger partial charge < -0.3 is 11.1 Å². The Bertz CT molecular complexity index is 309. The maximum Gasteiger partial charge on any atom is 0.220 e. The predicted molar refractivity (Wildman–Crippen MR) is 66.0 cm³/mol. The Morgan fingerprint density at radius 2 is 2.06 bits per heavy atom. The van der Waals surface area contributed by atoms with Crippen molar-refractivity contribution in [2.24, 2.45) is 5.73 Å². The molecule has 1 aromatic carbocycles. The molecule has 0 fully saturated rings. The van der Waals surface area contributed by atoms with E-state index in [0.717, 1.165) is 12.8 Å². The zero-order chi connectivity index (χ0) is 11.8. The Morgan fingerprint density at radius 1 is 1.38 bits per heavy atom. The summed E-state index contributed by atoms with van der Waals surface area (Å²) < 4.78 is 0. The first kappa shape index (κ1) is 12.7. The lowest BCUT2D eigenvalue weighted by molar-refractivity contribution is -0.121. The minimum Gasteiger partial charge on any atom is -0.355 e. The van der Waals surface area contributed by atoms with Crippen LogP contribution in [0.25, 0.3) is 0 Å². The standard InChI is InChI=1S/C13H20N2O/c1-11(14)10-15-13(16)9-5-8-12-6-3-2-4-7-12/h2-4,6-7,11H,5,8-10,14H2,1H3,(H,15,16). The largest absolute Gasteiger partial charge is 0.355 e. The van der Waals surface area contributed by atoms with Gasteiger partial charge in [0.1, 0.15) is 0 Å². The number of aryl methyl sites for hydroxylation is 1. The Labute approximate surface area is 97.0 Å². The number of benzene rings is 1. The van der Waals surface area contributed by atoms with Crippen molar-refractivity contribution in [3.63, 3.8) is 0 Å². The molecule has 1 atom stereocenters. The molecule has 0 spiro atoms. The number of amides is 1. The lowest BCUT2D eigenvalue weighted by Crippen LogP contribution is -2.35. The number of rotatable bonds is 6. The maximum absolute atomic E-state index is 11.4. The minimum atomic E-state index is 0.0260. The molecule has 0 heterocycles. The van der Waals surface area contributed by atoms with E-state index >= 15 is 0 Å². The second kappa shape index (κ2) is 7.01. The zero-order valence-corrected chi connectivity index (χ0v) is 9.78. The molecule has 0 bridgehead atoms.